The molecule has 2 amide bonds. The van der Waals surface area contributed by atoms with Gasteiger partial charge in [-0.25, -0.2) is 4.90 Å². The Bertz CT molecular complexity index is 626. The summed E-state index contributed by atoms with van der Waals surface area (Å²) in [5, 5.41) is -0.149. The molecule has 2 fully saturated rings. The van der Waals surface area contributed by atoms with E-state index >= 15 is 0 Å². The molecule has 1 aromatic carbocycles. The van der Waals surface area contributed by atoms with Crippen LogP contribution < -0.4 is 4.90 Å². The number of rotatable bonds is 3. The van der Waals surface area contributed by atoms with Crippen LogP contribution in [0.4, 0.5) is 4.79 Å². The van der Waals surface area contributed by atoms with E-state index in [0.29, 0.717) is 11.6 Å². The number of carbonyl (C=O) groups excluding carboxylic acids is 2. The molecule has 2 saturated heterocycles. The van der Waals surface area contributed by atoms with Gasteiger partial charge < -0.3 is 4.90 Å². The van der Waals surface area contributed by atoms with Crippen LogP contribution in [0.2, 0.25) is 0 Å². The van der Waals surface area contributed by atoms with E-state index in [1.807, 2.05) is 24.3 Å². The summed E-state index contributed by atoms with van der Waals surface area (Å²) in [7, 11) is 0. The number of quaternary nitrogens is 1. The number of imide groups is 1. The van der Waals surface area contributed by atoms with Gasteiger partial charge in [0.05, 0.1) is 18.0 Å². The maximum Gasteiger partial charge on any atom is 0.298 e. The number of nitrogens with one attached hydrogen (secondary N) is 1. The molecule has 1 N–H and O–H groups in total. The van der Waals surface area contributed by atoms with Crippen LogP contribution in [0.3, 0.4) is 0 Å². The van der Waals surface area contributed by atoms with Gasteiger partial charge in [-0.05, 0) is 54.8 Å². The molecule has 0 unspecified atom stereocenters. The Hall–Kier alpha value is -1.11. The molecule has 4 nitrogen and oxygen atoms in total. The van der Waals surface area contributed by atoms with E-state index in [4.69, 9.17) is 0 Å². The first-order valence-corrected chi connectivity index (χ1v) is 9.09. The number of carbonyl (C=O) groups is 2. The van der Waals surface area contributed by atoms with Crippen LogP contribution in [0, 0.1) is 0 Å². The largest absolute Gasteiger partial charge is 0.317 e. The average Bonchev–Trinajstić information content (AvgIpc) is 2.76. The highest BCUT2D eigenvalue weighted by molar-refractivity contribution is 9.10. The Morgan fingerprint density at radius 1 is 1.23 bits per heavy atom. The predicted octanol–water partition coefficient (Wildman–Crippen LogP) is 2.51. The normalized spacial score (nSPS) is 21.9. The number of likely N-dealkylation sites (tertiary alicyclic amines) is 1. The molecule has 6 heteroatoms. The molecule has 1 aromatic rings. The number of piperidine rings is 1. The molecule has 0 spiro atoms. The van der Waals surface area contributed by atoms with Gasteiger partial charge in [0.1, 0.15) is 0 Å². The predicted molar refractivity (Wildman–Crippen MR) is 91.4 cm³/mol. The van der Waals surface area contributed by atoms with Crippen molar-refractivity contribution in [1.29, 1.82) is 0 Å². The Morgan fingerprint density at radius 2 is 2.00 bits per heavy atom. The number of hydrogen-bond donors (Lipinski definition) is 1. The van der Waals surface area contributed by atoms with Gasteiger partial charge in [0.15, 0.2) is 6.67 Å². The van der Waals surface area contributed by atoms with E-state index in [-0.39, 0.29) is 11.1 Å². The molecule has 0 bridgehead atoms. The fourth-order valence-corrected chi connectivity index (χ4v) is 4.07. The van der Waals surface area contributed by atoms with E-state index < -0.39 is 0 Å². The van der Waals surface area contributed by atoms with Gasteiger partial charge >= 0.3 is 0 Å². The molecular weight excluding hydrogens is 364 g/mol. The van der Waals surface area contributed by atoms with Crippen molar-refractivity contribution in [3.8, 4) is 0 Å². The first kappa shape index (κ1) is 15.8. The molecule has 22 heavy (non-hydrogen) atoms. The average molecular weight is 382 g/mol. The zero-order chi connectivity index (χ0) is 15.5. The summed E-state index contributed by atoms with van der Waals surface area (Å²) in [4.78, 5) is 27.8. The summed E-state index contributed by atoms with van der Waals surface area (Å²) in [5.74, 6) is -0.159. The second-order valence-electron chi connectivity index (χ2n) is 5.63. The quantitative estimate of drug-likeness (QED) is 0.817. The number of halogens is 1. The van der Waals surface area contributed by atoms with Crippen LogP contribution in [0.15, 0.2) is 33.6 Å². The SMILES string of the molecule is O=C1S/C(=C/c2cccc(Br)c2)C(=O)N1C[NH+]1CCCCC1. The monoisotopic (exact) mass is 381 g/mol. The van der Waals surface area contributed by atoms with Crippen LogP contribution in [-0.2, 0) is 4.79 Å². The Morgan fingerprint density at radius 3 is 2.73 bits per heavy atom. The molecule has 0 radical (unpaired) electrons. The number of thioether (sulfide) groups is 1. The second kappa shape index (κ2) is 6.98. The zero-order valence-electron chi connectivity index (χ0n) is 12.2. The van der Waals surface area contributed by atoms with Crippen molar-refractivity contribution in [3.05, 3.63) is 39.2 Å². The van der Waals surface area contributed by atoms with Crippen LogP contribution in [0.25, 0.3) is 6.08 Å². The molecule has 2 aliphatic rings. The van der Waals surface area contributed by atoms with Crippen molar-refractivity contribution < 1.29 is 14.5 Å². The van der Waals surface area contributed by atoms with Crippen molar-refractivity contribution in [1.82, 2.24) is 4.90 Å². The van der Waals surface area contributed by atoms with Crippen LogP contribution in [0.1, 0.15) is 24.8 Å². The third kappa shape index (κ3) is 3.62. The highest BCUT2D eigenvalue weighted by Gasteiger charge is 2.37. The minimum Gasteiger partial charge on any atom is -0.317 e. The minimum absolute atomic E-state index is 0.149. The molecule has 0 saturated carbocycles. The van der Waals surface area contributed by atoms with Gasteiger partial charge in [0.25, 0.3) is 11.1 Å². The third-order valence-corrected chi connectivity index (χ3v) is 5.36. The fraction of sp³-hybridized carbons (Fsp3) is 0.375. The summed E-state index contributed by atoms with van der Waals surface area (Å²) in [6.45, 7) is 2.60. The van der Waals surface area contributed by atoms with E-state index in [2.05, 4.69) is 15.9 Å². The van der Waals surface area contributed by atoms with Crippen molar-refractivity contribution in [3.63, 3.8) is 0 Å². The lowest BCUT2D eigenvalue weighted by Crippen LogP contribution is -3.14. The first-order chi connectivity index (χ1) is 10.6. The smallest absolute Gasteiger partial charge is 0.298 e. The minimum atomic E-state index is -0.159. The van der Waals surface area contributed by atoms with Gasteiger partial charge in [0, 0.05) is 4.47 Å². The molecule has 0 atom stereocenters. The lowest BCUT2D eigenvalue weighted by atomic mass is 10.1. The zero-order valence-corrected chi connectivity index (χ0v) is 14.6. The summed E-state index contributed by atoms with van der Waals surface area (Å²) in [5.41, 5.74) is 0.921. The summed E-state index contributed by atoms with van der Waals surface area (Å²) in [6.07, 6.45) is 5.41. The summed E-state index contributed by atoms with van der Waals surface area (Å²) in [6, 6.07) is 7.71. The van der Waals surface area contributed by atoms with Crippen LogP contribution in [0.5, 0.6) is 0 Å². The molecule has 2 aliphatic heterocycles. The number of benzene rings is 1. The molecule has 2 heterocycles. The molecule has 3 rings (SSSR count). The van der Waals surface area contributed by atoms with Crippen molar-refractivity contribution in [2.24, 2.45) is 0 Å². The Labute approximate surface area is 142 Å². The van der Waals surface area contributed by atoms with Crippen molar-refractivity contribution >= 4 is 44.9 Å². The van der Waals surface area contributed by atoms with Gasteiger partial charge in [-0.3, -0.25) is 9.59 Å². The van der Waals surface area contributed by atoms with E-state index in [9.17, 15) is 9.59 Å². The summed E-state index contributed by atoms with van der Waals surface area (Å²) < 4.78 is 0.957. The third-order valence-electron chi connectivity index (χ3n) is 3.96. The van der Waals surface area contributed by atoms with E-state index in [1.165, 1.54) is 29.1 Å². The second-order valence-corrected chi connectivity index (χ2v) is 7.54. The van der Waals surface area contributed by atoms with Crippen molar-refractivity contribution in [2.75, 3.05) is 19.8 Å². The maximum atomic E-state index is 12.5. The molecular formula is C16H18BrN2O2S+. The van der Waals surface area contributed by atoms with Gasteiger partial charge in [0.2, 0.25) is 0 Å². The van der Waals surface area contributed by atoms with Crippen LogP contribution >= 0.6 is 27.7 Å². The van der Waals surface area contributed by atoms with Gasteiger partial charge in [-0.2, -0.15) is 0 Å². The first-order valence-electron chi connectivity index (χ1n) is 7.48. The fourth-order valence-electron chi connectivity index (χ4n) is 2.82. The standard InChI is InChI=1S/C16H17BrN2O2S/c17-13-6-4-5-12(9-13)10-14-15(20)19(16(21)22-14)11-18-7-2-1-3-8-18/h4-6,9-10H,1-3,7-8,11H2/p+1/b14-10+. The van der Waals surface area contributed by atoms with E-state index in [0.717, 1.165) is 34.9 Å². The molecule has 0 aliphatic carbocycles. The Kier molecular flexibility index (Phi) is 5.00. The topological polar surface area (TPSA) is 41.8 Å². The highest BCUT2D eigenvalue weighted by Crippen LogP contribution is 2.31. The number of amides is 2. The maximum absolute atomic E-state index is 12.5. The molecule has 0 aromatic heterocycles. The van der Waals surface area contributed by atoms with Gasteiger partial charge in [-0.15, -0.1) is 0 Å². The van der Waals surface area contributed by atoms with E-state index in [1.54, 1.807) is 6.08 Å². The van der Waals surface area contributed by atoms with Crippen LogP contribution in [-0.4, -0.2) is 35.8 Å². The molecule has 116 valence electrons. The Balaban J connectivity index is 1.73. The summed E-state index contributed by atoms with van der Waals surface area (Å²) >= 11 is 4.46. The van der Waals surface area contributed by atoms with Gasteiger partial charge in [-0.1, -0.05) is 28.1 Å². The number of nitrogens with zero attached hydrogens (tertiary/aromatic N) is 1. The lowest BCUT2D eigenvalue weighted by molar-refractivity contribution is -0.912. The number of hydrogen-bond acceptors (Lipinski definition) is 3. The highest BCUT2D eigenvalue weighted by atomic mass is 79.9. The van der Waals surface area contributed by atoms with Crippen molar-refractivity contribution in [2.45, 2.75) is 19.3 Å². The lowest BCUT2D eigenvalue weighted by Gasteiger charge is -2.26.